The minimum absolute atomic E-state index is 0.921. The van der Waals surface area contributed by atoms with Crippen molar-refractivity contribution in [1.29, 1.82) is 0 Å². The van der Waals surface area contributed by atoms with Crippen LogP contribution in [0.25, 0.3) is 0 Å². The summed E-state index contributed by atoms with van der Waals surface area (Å²) in [4.78, 5) is 0. The van der Waals surface area contributed by atoms with Gasteiger partial charge in [-0.25, -0.2) is 0 Å². The Bertz CT molecular complexity index is 240. The smallest absolute Gasteiger partial charge is 0.118 e. The molecule has 0 atom stereocenters. The van der Waals surface area contributed by atoms with Crippen molar-refractivity contribution >= 4 is 11.8 Å². The van der Waals surface area contributed by atoms with E-state index in [1.165, 1.54) is 12.8 Å². The van der Waals surface area contributed by atoms with E-state index in [2.05, 4.69) is 28.3 Å². The summed E-state index contributed by atoms with van der Waals surface area (Å²) in [5.74, 6) is 0.921. The zero-order valence-electron chi connectivity index (χ0n) is 6.66. The largest absolute Gasteiger partial charge is 0.271 e. The third kappa shape index (κ3) is 1.77. The highest BCUT2D eigenvalue weighted by atomic mass is 32.2. The summed E-state index contributed by atoms with van der Waals surface area (Å²) < 4.78 is 2.06. The van der Waals surface area contributed by atoms with E-state index in [0.717, 1.165) is 17.5 Å². The van der Waals surface area contributed by atoms with Crippen molar-refractivity contribution in [2.24, 2.45) is 5.92 Å². The van der Waals surface area contributed by atoms with Gasteiger partial charge >= 0.3 is 0 Å². The minimum Gasteiger partial charge on any atom is -0.271 e. The van der Waals surface area contributed by atoms with Crippen LogP contribution in [0.2, 0.25) is 0 Å². The van der Waals surface area contributed by atoms with Crippen LogP contribution in [0.15, 0.2) is 17.3 Å². The third-order valence-corrected chi connectivity index (χ3v) is 2.60. The molecule has 1 aliphatic rings. The lowest BCUT2D eigenvalue weighted by molar-refractivity contribution is 0.552. The molecule has 0 spiro atoms. The molecule has 1 aliphatic carbocycles. The van der Waals surface area contributed by atoms with Crippen LogP contribution < -0.4 is 0 Å². The lowest BCUT2D eigenvalue weighted by Gasteiger charge is -1.96. The van der Waals surface area contributed by atoms with Crippen LogP contribution in [0.4, 0.5) is 0 Å². The molecule has 11 heavy (non-hydrogen) atoms. The van der Waals surface area contributed by atoms with Crippen molar-refractivity contribution in [3.63, 3.8) is 0 Å². The molecule has 2 rings (SSSR count). The number of hydrogen-bond donors (Lipinski definition) is 0. The maximum Gasteiger partial charge on any atom is 0.118 e. The van der Waals surface area contributed by atoms with Crippen molar-refractivity contribution < 1.29 is 0 Å². The number of thioether (sulfide) groups is 1. The molecule has 0 N–H and O–H groups in total. The summed E-state index contributed by atoms with van der Waals surface area (Å²) in [5.41, 5.74) is 0. The van der Waals surface area contributed by atoms with Gasteiger partial charge in [-0.2, -0.15) is 5.10 Å². The number of nitrogens with zero attached hydrogens (tertiary/aromatic N) is 2. The van der Waals surface area contributed by atoms with E-state index in [0.29, 0.717) is 0 Å². The van der Waals surface area contributed by atoms with Gasteiger partial charge in [-0.3, -0.25) is 4.68 Å². The first-order valence-electron chi connectivity index (χ1n) is 3.96. The fourth-order valence-corrected chi connectivity index (χ4v) is 1.50. The van der Waals surface area contributed by atoms with Gasteiger partial charge in [0.25, 0.3) is 0 Å². The fourth-order valence-electron chi connectivity index (χ4n) is 1.12. The molecular formula is C8H12N2S. The maximum absolute atomic E-state index is 4.39. The molecule has 1 fully saturated rings. The lowest BCUT2D eigenvalue weighted by atomic mass is 10.4. The Hall–Kier alpha value is -0.440. The molecule has 3 heteroatoms. The summed E-state index contributed by atoms with van der Waals surface area (Å²) in [5, 5.41) is 5.52. The molecular weight excluding hydrogens is 156 g/mol. The summed E-state index contributed by atoms with van der Waals surface area (Å²) >= 11 is 1.71. The van der Waals surface area contributed by atoms with E-state index in [1.54, 1.807) is 11.8 Å². The van der Waals surface area contributed by atoms with Crippen LogP contribution >= 0.6 is 11.8 Å². The Kier molecular flexibility index (Phi) is 1.90. The second-order valence-corrected chi connectivity index (χ2v) is 3.85. The molecule has 0 bridgehead atoms. The predicted molar refractivity (Wildman–Crippen MR) is 46.7 cm³/mol. The molecule has 1 heterocycles. The second-order valence-electron chi connectivity index (χ2n) is 3.02. The van der Waals surface area contributed by atoms with E-state index in [1.807, 2.05) is 0 Å². The van der Waals surface area contributed by atoms with Gasteiger partial charge in [0.05, 0.1) is 0 Å². The molecule has 2 nitrogen and oxygen atoms in total. The normalized spacial score (nSPS) is 17.2. The number of rotatable bonds is 3. The molecule has 0 amide bonds. The number of aromatic nitrogens is 2. The highest BCUT2D eigenvalue weighted by molar-refractivity contribution is 7.98. The fraction of sp³-hybridized carbons (Fsp3) is 0.625. The van der Waals surface area contributed by atoms with Gasteiger partial charge in [0, 0.05) is 12.7 Å². The van der Waals surface area contributed by atoms with E-state index in [-0.39, 0.29) is 0 Å². The van der Waals surface area contributed by atoms with Gasteiger partial charge in [0.1, 0.15) is 5.03 Å². The van der Waals surface area contributed by atoms with E-state index < -0.39 is 0 Å². The molecule has 0 radical (unpaired) electrons. The highest BCUT2D eigenvalue weighted by Crippen LogP contribution is 2.30. The molecule has 0 aromatic carbocycles. The molecule has 60 valence electrons. The van der Waals surface area contributed by atoms with Crippen LogP contribution in [0.5, 0.6) is 0 Å². The van der Waals surface area contributed by atoms with Crippen molar-refractivity contribution in [3.05, 3.63) is 12.3 Å². The molecule has 1 saturated carbocycles. The molecule has 0 saturated heterocycles. The van der Waals surface area contributed by atoms with Gasteiger partial charge in [0.15, 0.2) is 0 Å². The third-order valence-electron chi connectivity index (χ3n) is 1.97. The van der Waals surface area contributed by atoms with E-state index in [4.69, 9.17) is 0 Å². The van der Waals surface area contributed by atoms with Gasteiger partial charge in [-0.1, -0.05) is 0 Å². The maximum atomic E-state index is 4.39. The Morgan fingerprint density at radius 2 is 2.55 bits per heavy atom. The zero-order valence-corrected chi connectivity index (χ0v) is 7.47. The minimum atomic E-state index is 0.921. The average Bonchev–Trinajstić information content (AvgIpc) is 2.68. The van der Waals surface area contributed by atoms with Crippen LogP contribution in [-0.2, 0) is 6.54 Å². The van der Waals surface area contributed by atoms with Crippen molar-refractivity contribution in [2.75, 3.05) is 6.26 Å². The standard InChI is InChI=1S/C8H12N2S/c1-11-8-4-5-10(9-8)6-7-2-3-7/h4-5,7H,2-3,6H2,1H3. The first-order valence-corrected chi connectivity index (χ1v) is 5.18. The van der Waals surface area contributed by atoms with E-state index >= 15 is 0 Å². The SMILES string of the molecule is CSc1ccn(CC2CC2)n1. The topological polar surface area (TPSA) is 17.8 Å². The first kappa shape index (κ1) is 7.22. The Labute approximate surface area is 71.0 Å². The van der Waals surface area contributed by atoms with Gasteiger partial charge in [-0.05, 0) is 31.1 Å². The monoisotopic (exact) mass is 168 g/mol. The second kappa shape index (κ2) is 2.89. The summed E-state index contributed by atoms with van der Waals surface area (Å²) in [6, 6.07) is 2.08. The van der Waals surface area contributed by atoms with Crippen LogP contribution in [0.1, 0.15) is 12.8 Å². The highest BCUT2D eigenvalue weighted by Gasteiger charge is 2.21. The first-order chi connectivity index (χ1) is 5.38. The van der Waals surface area contributed by atoms with Crippen LogP contribution in [-0.4, -0.2) is 16.0 Å². The lowest BCUT2D eigenvalue weighted by Crippen LogP contribution is -1.99. The van der Waals surface area contributed by atoms with Gasteiger partial charge < -0.3 is 0 Å². The predicted octanol–water partition coefficient (Wildman–Crippen LogP) is 2.02. The molecule has 0 unspecified atom stereocenters. The summed E-state index contributed by atoms with van der Waals surface area (Å²) in [6.07, 6.45) is 6.93. The van der Waals surface area contributed by atoms with E-state index in [9.17, 15) is 0 Å². The molecule has 1 aromatic rings. The average molecular weight is 168 g/mol. The van der Waals surface area contributed by atoms with Crippen molar-refractivity contribution in [2.45, 2.75) is 24.4 Å². The Morgan fingerprint density at radius 3 is 3.09 bits per heavy atom. The van der Waals surface area contributed by atoms with Crippen molar-refractivity contribution in [3.8, 4) is 0 Å². The Morgan fingerprint density at radius 1 is 1.73 bits per heavy atom. The molecule has 1 aromatic heterocycles. The van der Waals surface area contributed by atoms with Crippen LogP contribution in [0.3, 0.4) is 0 Å². The van der Waals surface area contributed by atoms with Crippen LogP contribution in [0, 0.1) is 5.92 Å². The Balaban J connectivity index is 1.99. The van der Waals surface area contributed by atoms with Gasteiger partial charge in [0.2, 0.25) is 0 Å². The van der Waals surface area contributed by atoms with Gasteiger partial charge in [-0.15, -0.1) is 11.8 Å². The molecule has 0 aliphatic heterocycles. The summed E-state index contributed by atoms with van der Waals surface area (Å²) in [6.45, 7) is 1.13. The zero-order chi connectivity index (χ0) is 7.68. The quantitative estimate of drug-likeness (QED) is 0.642. The summed E-state index contributed by atoms with van der Waals surface area (Å²) in [7, 11) is 0. The van der Waals surface area contributed by atoms with Crippen molar-refractivity contribution in [1.82, 2.24) is 9.78 Å². The number of hydrogen-bond acceptors (Lipinski definition) is 2.